The van der Waals surface area contributed by atoms with Crippen LogP contribution < -0.4 is 0 Å². The maximum absolute atomic E-state index is 2.34. The van der Waals surface area contributed by atoms with Crippen LogP contribution in [0.15, 0.2) is 0 Å². The normalized spacial score (nSPS) is 34.7. The zero-order chi connectivity index (χ0) is 6.85. The van der Waals surface area contributed by atoms with Gasteiger partial charge in [-0.05, 0) is 30.6 Å². The Hall–Kier alpha value is 0. The van der Waals surface area contributed by atoms with E-state index >= 15 is 0 Å². The Bertz CT molecular complexity index is 78.0. The molecule has 1 saturated carbocycles. The predicted octanol–water partition coefficient (Wildman–Crippen LogP) is 3.08. The largest absolute Gasteiger partial charge is 0.0651 e. The SMILES string of the molecule is CCC1CC(C(C)C)C1. The lowest BCUT2D eigenvalue weighted by molar-refractivity contribution is 0.138. The smallest absolute Gasteiger partial charge is 0.0386 e. The molecule has 0 bridgehead atoms. The first-order chi connectivity index (χ1) is 4.24. The van der Waals surface area contributed by atoms with Crippen molar-refractivity contribution < 1.29 is 0 Å². The molecule has 1 fully saturated rings. The summed E-state index contributed by atoms with van der Waals surface area (Å²) in [4.78, 5) is 0. The second-order valence-corrected chi connectivity index (χ2v) is 3.75. The minimum Gasteiger partial charge on any atom is -0.0651 e. The van der Waals surface area contributed by atoms with E-state index in [1.807, 2.05) is 0 Å². The van der Waals surface area contributed by atoms with Crippen molar-refractivity contribution in [1.82, 2.24) is 0 Å². The van der Waals surface area contributed by atoms with E-state index in [1.54, 1.807) is 0 Å². The molecule has 0 nitrogen and oxygen atoms in total. The molecule has 0 atom stereocenters. The van der Waals surface area contributed by atoms with Crippen LogP contribution in [0.25, 0.3) is 0 Å². The van der Waals surface area contributed by atoms with Crippen LogP contribution in [0.4, 0.5) is 0 Å². The molecule has 0 spiro atoms. The summed E-state index contributed by atoms with van der Waals surface area (Å²) in [5.74, 6) is 3.08. The molecule has 0 aromatic heterocycles. The Kier molecular flexibility index (Phi) is 2.15. The topological polar surface area (TPSA) is 0 Å². The molecule has 1 aliphatic rings. The van der Waals surface area contributed by atoms with Crippen molar-refractivity contribution in [2.45, 2.75) is 40.0 Å². The monoisotopic (exact) mass is 126 g/mol. The molecule has 0 amide bonds. The van der Waals surface area contributed by atoms with Crippen molar-refractivity contribution >= 4 is 0 Å². The van der Waals surface area contributed by atoms with Crippen molar-refractivity contribution in [1.29, 1.82) is 0 Å². The summed E-state index contributed by atoms with van der Waals surface area (Å²) < 4.78 is 0. The summed E-state index contributed by atoms with van der Waals surface area (Å²) in [6.45, 7) is 6.99. The van der Waals surface area contributed by atoms with Gasteiger partial charge in [-0.3, -0.25) is 0 Å². The van der Waals surface area contributed by atoms with E-state index in [0.29, 0.717) is 0 Å². The van der Waals surface area contributed by atoms with E-state index in [0.717, 1.165) is 17.8 Å². The molecule has 0 heteroatoms. The molecule has 0 radical (unpaired) electrons. The third kappa shape index (κ3) is 1.47. The van der Waals surface area contributed by atoms with E-state index in [-0.39, 0.29) is 0 Å². The first-order valence-corrected chi connectivity index (χ1v) is 4.24. The number of hydrogen-bond donors (Lipinski definition) is 0. The molecule has 0 unspecified atom stereocenters. The van der Waals surface area contributed by atoms with Crippen LogP contribution in [-0.4, -0.2) is 0 Å². The molecule has 1 aliphatic carbocycles. The molecule has 0 heterocycles. The lowest BCUT2D eigenvalue weighted by Crippen LogP contribution is -2.26. The van der Waals surface area contributed by atoms with Crippen molar-refractivity contribution in [3.63, 3.8) is 0 Å². The van der Waals surface area contributed by atoms with Gasteiger partial charge in [-0.25, -0.2) is 0 Å². The van der Waals surface area contributed by atoms with Crippen LogP contribution in [0.3, 0.4) is 0 Å². The zero-order valence-electron chi connectivity index (χ0n) is 6.85. The van der Waals surface area contributed by atoms with Gasteiger partial charge in [0.15, 0.2) is 0 Å². The van der Waals surface area contributed by atoms with Crippen LogP contribution in [0, 0.1) is 17.8 Å². The average molecular weight is 126 g/mol. The minimum absolute atomic E-state index is 0.938. The number of rotatable bonds is 2. The fourth-order valence-electron chi connectivity index (χ4n) is 1.66. The molecule has 0 saturated heterocycles. The van der Waals surface area contributed by atoms with Gasteiger partial charge in [0, 0.05) is 0 Å². The second-order valence-electron chi connectivity index (χ2n) is 3.75. The highest BCUT2D eigenvalue weighted by molar-refractivity contribution is 4.80. The van der Waals surface area contributed by atoms with E-state index in [4.69, 9.17) is 0 Å². The van der Waals surface area contributed by atoms with E-state index < -0.39 is 0 Å². The van der Waals surface area contributed by atoms with Crippen molar-refractivity contribution in [2.75, 3.05) is 0 Å². The van der Waals surface area contributed by atoms with Gasteiger partial charge in [0.2, 0.25) is 0 Å². The summed E-state index contributed by atoms with van der Waals surface area (Å²) in [5, 5.41) is 0. The van der Waals surface area contributed by atoms with E-state index in [9.17, 15) is 0 Å². The van der Waals surface area contributed by atoms with E-state index in [1.165, 1.54) is 19.3 Å². The summed E-state index contributed by atoms with van der Waals surface area (Å²) in [5.41, 5.74) is 0. The molecular formula is C9H18. The first kappa shape index (κ1) is 7.11. The average Bonchev–Trinajstić information content (AvgIpc) is 1.61. The van der Waals surface area contributed by atoms with Crippen LogP contribution >= 0.6 is 0 Å². The Morgan fingerprint density at radius 2 is 1.89 bits per heavy atom. The number of hydrogen-bond acceptors (Lipinski definition) is 0. The highest BCUT2D eigenvalue weighted by Gasteiger charge is 2.29. The van der Waals surface area contributed by atoms with Crippen LogP contribution in [0.1, 0.15) is 40.0 Å². The van der Waals surface area contributed by atoms with Crippen molar-refractivity contribution in [3.8, 4) is 0 Å². The van der Waals surface area contributed by atoms with Gasteiger partial charge < -0.3 is 0 Å². The molecule has 54 valence electrons. The van der Waals surface area contributed by atoms with Gasteiger partial charge in [-0.15, -0.1) is 0 Å². The molecule has 0 aromatic rings. The fraction of sp³-hybridized carbons (Fsp3) is 1.00. The lowest BCUT2D eigenvalue weighted by atomic mass is 9.69. The maximum atomic E-state index is 2.34. The van der Waals surface area contributed by atoms with Gasteiger partial charge in [-0.2, -0.15) is 0 Å². The summed E-state index contributed by atoms with van der Waals surface area (Å²) in [6.07, 6.45) is 4.42. The molecule has 9 heavy (non-hydrogen) atoms. The van der Waals surface area contributed by atoms with Gasteiger partial charge in [-0.1, -0.05) is 27.2 Å². The standard InChI is InChI=1S/C9H18/c1-4-8-5-9(6-8)7(2)3/h7-9H,4-6H2,1-3H3. The van der Waals surface area contributed by atoms with Crippen LogP contribution in [0.5, 0.6) is 0 Å². The minimum atomic E-state index is 0.938. The Morgan fingerprint density at radius 1 is 1.33 bits per heavy atom. The Balaban J connectivity index is 2.12. The van der Waals surface area contributed by atoms with Crippen molar-refractivity contribution in [2.24, 2.45) is 17.8 Å². The fourth-order valence-corrected chi connectivity index (χ4v) is 1.66. The highest BCUT2D eigenvalue weighted by atomic mass is 14.3. The maximum Gasteiger partial charge on any atom is -0.0386 e. The van der Waals surface area contributed by atoms with Crippen molar-refractivity contribution in [3.05, 3.63) is 0 Å². The highest BCUT2D eigenvalue weighted by Crippen LogP contribution is 2.40. The molecular weight excluding hydrogens is 108 g/mol. The lowest BCUT2D eigenvalue weighted by Gasteiger charge is -2.37. The molecule has 0 aromatic carbocycles. The zero-order valence-corrected chi connectivity index (χ0v) is 6.85. The first-order valence-electron chi connectivity index (χ1n) is 4.24. The summed E-state index contributed by atoms with van der Waals surface area (Å²) >= 11 is 0. The molecule has 0 aliphatic heterocycles. The second kappa shape index (κ2) is 2.72. The van der Waals surface area contributed by atoms with Gasteiger partial charge in [0.1, 0.15) is 0 Å². The Labute approximate surface area is 58.7 Å². The predicted molar refractivity (Wildman–Crippen MR) is 41.3 cm³/mol. The Morgan fingerprint density at radius 3 is 2.22 bits per heavy atom. The third-order valence-corrected chi connectivity index (χ3v) is 2.79. The third-order valence-electron chi connectivity index (χ3n) is 2.79. The van der Waals surface area contributed by atoms with Crippen LogP contribution in [-0.2, 0) is 0 Å². The molecule has 0 N–H and O–H groups in total. The van der Waals surface area contributed by atoms with E-state index in [2.05, 4.69) is 20.8 Å². The van der Waals surface area contributed by atoms with Gasteiger partial charge >= 0.3 is 0 Å². The van der Waals surface area contributed by atoms with Gasteiger partial charge in [0.05, 0.1) is 0 Å². The molecule has 1 rings (SSSR count). The van der Waals surface area contributed by atoms with Crippen LogP contribution in [0.2, 0.25) is 0 Å². The summed E-state index contributed by atoms with van der Waals surface area (Å²) in [7, 11) is 0. The quantitative estimate of drug-likeness (QED) is 0.533. The summed E-state index contributed by atoms with van der Waals surface area (Å²) in [6, 6.07) is 0. The van der Waals surface area contributed by atoms with Gasteiger partial charge in [0.25, 0.3) is 0 Å².